The zero-order valence-corrected chi connectivity index (χ0v) is 18.1. The van der Waals surface area contributed by atoms with Crippen molar-refractivity contribution in [2.45, 2.75) is 23.8 Å². The summed E-state index contributed by atoms with van der Waals surface area (Å²) in [6.07, 6.45) is 2.70. The number of rotatable bonds is 5. The number of nitrogens with one attached hydrogen (secondary N) is 2. The van der Waals surface area contributed by atoms with Crippen molar-refractivity contribution in [3.05, 3.63) is 48.0 Å². The third kappa shape index (κ3) is 4.18. The van der Waals surface area contributed by atoms with Crippen molar-refractivity contribution < 1.29 is 23.9 Å². The molecule has 31 heavy (non-hydrogen) atoms. The zero-order chi connectivity index (χ0) is 22.0. The normalized spacial score (nSPS) is 20.3. The topological polar surface area (TPSA) is 97.0 Å². The molecule has 1 atom stereocenters. The molecule has 2 aromatic rings. The lowest BCUT2D eigenvalue weighted by molar-refractivity contribution is -0.133. The molecule has 0 aliphatic carbocycles. The van der Waals surface area contributed by atoms with Gasteiger partial charge in [0.15, 0.2) is 11.5 Å². The highest BCUT2D eigenvalue weighted by Gasteiger charge is 2.49. The number of urea groups is 1. The van der Waals surface area contributed by atoms with Crippen molar-refractivity contribution in [3.63, 3.8) is 0 Å². The highest BCUT2D eigenvalue weighted by atomic mass is 32.2. The summed E-state index contributed by atoms with van der Waals surface area (Å²) >= 11 is 1.55. The molecule has 1 fully saturated rings. The molecule has 0 bridgehead atoms. The molecule has 4 amide bonds. The van der Waals surface area contributed by atoms with Gasteiger partial charge in [-0.3, -0.25) is 14.5 Å². The molecule has 0 saturated carbocycles. The predicted molar refractivity (Wildman–Crippen MR) is 116 cm³/mol. The Kier molecular flexibility index (Phi) is 5.77. The van der Waals surface area contributed by atoms with Gasteiger partial charge in [0.1, 0.15) is 12.1 Å². The van der Waals surface area contributed by atoms with Crippen LogP contribution in [-0.4, -0.2) is 48.8 Å². The Morgan fingerprint density at radius 2 is 1.94 bits per heavy atom. The van der Waals surface area contributed by atoms with Crippen LogP contribution in [0.1, 0.15) is 18.9 Å². The minimum absolute atomic E-state index is 0.381. The number of benzene rings is 2. The zero-order valence-electron chi connectivity index (χ0n) is 17.3. The number of ether oxygens (including phenoxy) is 2. The predicted octanol–water partition coefficient (Wildman–Crippen LogP) is 2.98. The molecule has 4 rings (SSSR count). The number of amides is 4. The summed E-state index contributed by atoms with van der Waals surface area (Å²) in [4.78, 5) is 40.1. The van der Waals surface area contributed by atoms with E-state index in [4.69, 9.17) is 9.47 Å². The molecule has 2 aliphatic rings. The molecule has 0 unspecified atom stereocenters. The monoisotopic (exact) mass is 441 g/mol. The van der Waals surface area contributed by atoms with E-state index in [9.17, 15) is 14.4 Å². The lowest BCUT2D eigenvalue weighted by Crippen LogP contribution is -2.42. The molecule has 2 aromatic carbocycles. The van der Waals surface area contributed by atoms with E-state index in [2.05, 4.69) is 10.6 Å². The van der Waals surface area contributed by atoms with Crippen molar-refractivity contribution in [3.8, 4) is 11.5 Å². The molecule has 8 nitrogen and oxygen atoms in total. The quantitative estimate of drug-likeness (QED) is 0.547. The average Bonchev–Trinajstić information content (AvgIpc) is 2.93. The number of nitrogens with zero attached hydrogens (tertiary/aromatic N) is 1. The SMILES string of the molecule is CSc1cccc(NC(=O)CN2C(=O)N[C@@](C)(c3ccc4c(c3)OCCCO4)C2=O)c1. The number of hydrogen-bond acceptors (Lipinski definition) is 6. The van der Waals surface area contributed by atoms with E-state index in [-0.39, 0.29) is 6.54 Å². The fourth-order valence-electron chi connectivity index (χ4n) is 3.56. The number of carbonyl (C=O) groups is 3. The molecule has 1 saturated heterocycles. The Morgan fingerprint density at radius 3 is 2.71 bits per heavy atom. The van der Waals surface area contributed by atoms with E-state index < -0.39 is 23.4 Å². The summed E-state index contributed by atoms with van der Waals surface area (Å²) in [5, 5.41) is 5.45. The third-order valence-corrected chi connectivity index (χ3v) is 5.98. The summed E-state index contributed by atoms with van der Waals surface area (Å²) < 4.78 is 11.3. The van der Waals surface area contributed by atoms with E-state index >= 15 is 0 Å². The molecule has 2 aliphatic heterocycles. The van der Waals surface area contributed by atoms with E-state index in [0.29, 0.717) is 36.0 Å². The van der Waals surface area contributed by atoms with Crippen LogP contribution in [0.5, 0.6) is 11.5 Å². The standard InChI is InChI=1S/C22H23N3O5S/c1-22(14-7-8-17-18(11-14)30-10-4-9-29-17)20(27)25(21(28)24-22)13-19(26)23-15-5-3-6-16(12-15)31-2/h3,5-8,11-12H,4,9-10,13H2,1-2H3,(H,23,26)(H,24,28)/t22-/m0/s1. The van der Waals surface area contributed by atoms with Gasteiger partial charge in [0.05, 0.1) is 13.2 Å². The number of imide groups is 1. The van der Waals surface area contributed by atoms with E-state index in [0.717, 1.165) is 16.2 Å². The Morgan fingerprint density at radius 1 is 1.16 bits per heavy atom. The molecule has 0 aromatic heterocycles. The fourth-order valence-corrected chi connectivity index (χ4v) is 4.01. The van der Waals surface area contributed by atoms with Crippen LogP contribution < -0.4 is 20.1 Å². The molecular weight excluding hydrogens is 418 g/mol. The molecule has 2 heterocycles. The van der Waals surface area contributed by atoms with E-state index in [1.165, 1.54) is 0 Å². The van der Waals surface area contributed by atoms with E-state index in [1.54, 1.807) is 43.0 Å². The highest BCUT2D eigenvalue weighted by molar-refractivity contribution is 7.98. The largest absolute Gasteiger partial charge is 0.490 e. The van der Waals surface area contributed by atoms with Crippen LogP contribution in [0.2, 0.25) is 0 Å². The summed E-state index contributed by atoms with van der Waals surface area (Å²) in [5.74, 6) is 0.179. The van der Waals surface area contributed by atoms with Gasteiger partial charge in [0.2, 0.25) is 5.91 Å². The first-order valence-corrected chi connectivity index (χ1v) is 11.1. The van der Waals surface area contributed by atoms with Gasteiger partial charge in [-0.05, 0) is 49.1 Å². The molecule has 162 valence electrons. The smallest absolute Gasteiger partial charge is 0.325 e. The van der Waals surface area contributed by atoms with Crippen molar-refractivity contribution in [2.75, 3.05) is 31.3 Å². The summed E-state index contributed by atoms with van der Waals surface area (Å²) in [6.45, 7) is 2.31. The summed E-state index contributed by atoms with van der Waals surface area (Å²) in [7, 11) is 0. The summed E-state index contributed by atoms with van der Waals surface area (Å²) in [6, 6.07) is 11.9. The maximum absolute atomic E-state index is 13.1. The minimum Gasteiger partial charge on any atom is -0.490 e. The minimum atomic E-state index is -1.30. The number of fused-ring (bicyclic) bond motifs is 1. The lowest BCUT2D eigenvalue weighted by Gasteiger charge is -2.23. The van der Waals surface area contributed by atoms with Crippen LogP contribution in [0, 0.1) is 0 Å². The Bertz CT molecular complexity index is 1040. The average molecular weight is 442 g/mol. The van der Waals surface area contributed by atoms with Gasteiger partial charge in [0, 0.05) is 17.0 Å². The van der Waals surface area contributed by atoms with Crippen molar-refractivity contribution in [1.82, 2.24) is 10.2 Å². The van der Waals surface area contributed by atoms with Gasteiger partial charge >= 0.3 is 6.03 Å². The van der Waals surface area contributed by atoms with Gasteiger partial charge in [-0.1, -0.05) is 12.1 Å². The van der Waals surface area contributed by atoms with Crippen LogP contribution >= 0.6 is 11.8 Å². The maximum Gasteiger partial charge on any atom is 0.325 e. The Balaban J connectivity index is 1.50. The van der Waals surface area contributed by atoms with Crippen LogP contribution in [0.4, 0.5) is 10.5 Å². The molecule has 0 spiro atoms. The van der Waals surface area contributed by atoms with Gasteiger partial charge in [-0.15, -0.1) is 11.8 Å². The van der Waals surface area contributed by atoms with Gasteiger partial charge in [0.25, 0.3) is 5.91 Å². The highest BCUT2D eigenvalue weighted by Crippen LogP contribution is 2.36. The third-order valence-electron chi connectivity index (χ3n) is 5.26. The van der Waals surface area contributed by atoms with Gasteiger partial charge in [-0.25, -0.2) is 4.79 Å². The first kappa shape index (κ1) is 21.0. The first-order valence-electron chi connectivity index (χ1n) is 9.89. The van der Waals surface area contributed by atoms with Gasteiger partial charge in [-0.2, -0.15) is 0 Å². The summed E-state index contributed by atoms with van der Waals surface area (Å²) in [5.41, 5.74) is -0.138. The van der Waals surface area contributed by atoms with Crippen molar-refractivity contribution >= 4 is 35.3 Å². The first-order chi connectivity index (χ1) is 14.9. The molecular formula is C22H23N3O5S. The molecule has 2 N–H and O–H groups in total. The number of anilines is 1. The second kappa shape index (κ2) is 8.50. The Labute approximate surface area is 184 Å². The van der Waals surface area contributed by atoms with Gasteiger partial charge < -0.3 is 20.1 Å². The number of hydrogen-bond donors (Lipinski definition) is 2. The second-order valence-corrected chi connectivity index (χ2v) is 8.32. The lowest BCUT2D eigenvalue weighted by atomic mass is 9.91. The van der Waals surface area contributed by atoms with E-state index in [1.807, 2.05) is 24.5 Å². The van der Waals surface area contributed by atoms with Crippen LogP contribution in [0.15, 0.2) is 47.4 Å². The number of thioether (sulfide) groups is 1. The molecule has 9 heteroatoms. The van der Waals surface area contributed by atoms with Crippen LogP contribution in [-0.2, 0) is 15.1 Å². The maximum atomic E-state index is 13.1. The van der Waals surface area contributed by atoms with Crippen LogP contribution in [0.25, 0.3) is 0 Å². The van der Waals surface area contributed by atoms with Crippen molar-refractivity contribution in [1.29, 1.82) is 0 Å². The molecule has 0 radical (unpaired) electrons. The van der Waals surface area contributed by atoms with Crippen molar-refractivity contribution in [2.24, 2.45) is 0 Å². The second-order valence-electron chi connectivity index (χ2n) is 7.44. The van der Waals surface area contributed by atoms with Crippen LogP contribution in [0.3, 0.4) is 0 Å². The number of carbonyl (C=O) groups excluding carboxylic acids is 3. The Hall–Kier alpha value is -3.20. The fraction of sp³-hybridized carbons (Fsp3) is 0.318.